The molecule has 1 aromatic heterocycles. The lowest BCUT2D eigenvalue weighted by molar-refractivity contribution is 0.898. The van der Waals surface area contributed by atoms with E-state index in [0.717, 1.165) is 22.8 Å². The highest BCUT2D eigenvalue weighted by Gasteiger charge is 2.07. The van der Waals surface area contributed by atoms with E-state index in [1.807, 2.05) is 25.6 Å². The summed E-state index contributed by atoms with van der Waals surface area (Å²) < 4.78 is 0. The minimum Gasteiger partial charge on any atom is -0.237 e. The van der Waals surface area contributed by atoms with Crippen LogP contribution >= 0.6 is 23.4 Å². The van der Waals surface area contributed by atoms with Crippen molar-refractivity contribution in [2.75, 3.05) is 0 Å². The van der Waals surface area contributed by atoms with E-state index in [9.17, 15) is 0 Å². The number of nitrogens with zero attached hydrogens (tertiary/aromatic N) is 2. The summed E-state index contributed by atoms with van der Waals surface area (Å²) in [5.41, 5.74) is 1.96. The Morgan fingerprint density at radius 3 is 2.53 bits per heavy atom. The molecule has 1 heterocycles. The van der Waals surface area contributed by atoms with Gasteiger partial charge in [-0.25, -0.2) is 9.97 Å². The molecule has 0 radical (unpaired) electrons. The summed E-state index contributed by atoms with van der Waals surface area (Å²) in [6, 6.07) is 0. The number of aryl methyl sites for hydroxylation is 1. The van der Waals surface area contributed by atoms with Crippen LogP contribution in [0.1, 0.15) is 37.4 Å². The van der Waals surface area contributed by atoms with Crippen LogP contribution < -0.4 is 0 Å². The molecule has 1 rings (SSSR count). The summed E-state index contributed by atoms with van der Waals surface area (Å²) in [6.45, 7) is 8.32. The van der Waals surface area contributed by atoms with Gasteiger partial charge in [-0.1, -0.05) is 25.4 Å². The van der Waals surface area contributed by atoms with Gasteiger partial charge in [0.1, 0.15) is 11.0 Å². The van der Waals surface area contributed by atoms with Crippen molar-refractivity contribution in [1.29, 1.82) is 0 Å². The molecule has 0 saturated heterocycles. The molecule has 84 valence electrons. The van der Waals surface area contributed by atoms with Crippen LogP contribution in [0, 0.1) is 13.8 Å². The lowest BCUT2D eigenvalue weighted by Gasteiger charge is -2.09. The van der Waals surface area contributed by atoms with Crippen molar-refractivity contribution in [2.24, 2.45) is 0 Å². The molecule has 0 saturated carbocycles. The Bertz CT molecular complexity index is 318. The molecule has 1 atom stereocenters. The van der Waals surface area contributed by atoms with Crippen molar-refractivity contribution < 1.29 is 0 Å². The quantitative estimate of drug-likeness (QED) is 0.754. The van der Waals surface area contributed by atoms with Gasteiger partial charge in [-0.2, -0.15) is 11.8 Å². The first-order valence-electron chi connectivity index (χ1n) is 5.15. The van der Waals surface area contributed by atoms with Crippen LogP contribution in [0.15, 0.2) is 0 Å². The molecule has 0 spiro atoms. The van der Waals surface area contributed by atoms with Crippen LogP contribution in [0.25, 0.3) is 0 Å². The maximum absolute atomic E-state index is 6.01. The van der Waals surface area contributed by atoms with Crippen LogP contribution in [-0.2, 0) is 5.75 Å². The van der Waals surface area contributed by atoms with E-state index in [1.165, 1.54) is 6.42 Å². The number of thioether (sulfide) groups is 1. The summed E-state index contributed by atoms with van der Waals surface area (Å²) in [6.07, 6.45) is 1.17. The van der Waals surface area contributed by atoms with Crippen LogP contribution in [0.3, 0.4) is 0 Å². The highest BCUT2D eigenvalue weighted by atomic mass is 35.5. The molecule has 0 aromatic carbocycles. The summed E-state index contributed by atoms with van der Waals surface area (Å²) in [7, 11) is 0. The molecule has 0 aliphatic carbocycles. The van der Waals surface area contributed by atoms with E-state index in [4.69, 9.17) is 11.6 Å². The van der Waals surface area contributed by atoms with Gasteiger partial charge in [0, 0.05) is 16.5 Å². The van der Waals surface area contributed by atoms with Crippen LogP contribution in [0.4, 0.5) is 0 Å². The molecule has 0 amide bonds. The molecule has 0 aliphatic heterocycles. The Morgan fingerprint density at radius 2 is 2.00 bits per heavy atom. The Balaban J connectivity index is 2.70. The van der Waals surface area contributed by atoms with Gasteiger partial charge in [0.05, 0.1) is 5.75 Å². The van der Waals surface area contributed by atoms with Gasteiger partial charge in [0.2, 0.25) is 0 Å². The minimum absolute atomic E-state index is 0.585. The van der Waals surface area contributed by atoms with Crippen molar-refractivity contribution in [3.05, 3.63) is 22.2 Å². The van der Waals surface area contributed by atoms with E-state index in [0.29, 0.717) is 10.4 Å². The van der Waals surface area contributed by atoms with E-state index < -0.39 is 0 Å². The zero-order valence-electron chi connectivity index (χ0n) is 9.67. The topological polar surface area (TPSA) is 25.8 Å². The lowest BCUT2D eigenvalue weighted by atomic mass is 10.3. The fourth-order valence-corrected chi connectivity index (χ4v) is 2.08. The molecule has 15 heavy (non-hydrogen) atoms. The van der Waals surface area contributed by atoms with Crippen LogP contribution in [0.2, 0.25) is 5.15 Å². The van der Waals surface area contributed by atoms with E-state index in [2.05, 4.69) is 23.8 Å². The maximum atomic E-state index is 6.01. The van der Waals surface area contributed by atoms with Gasteiger partial charge in [-0.15, -0.1) is 0 Å². The highest BCUT2D eigenvalue weighted by Crippen LogP contribution is 2.20. The molecule has 0 aliphatic rings. The van der Waals surface area contributed by atoms with Crippen molar-refractivity contribution in [2.45, 2.75) is 45.1 Å². The van der Waals surface area contributed by atoms with Crippen LogP contribution in [-0.4, -0.2) is 15.2 Å². The SMILES string of the molecule is CCC(C)SCc1nc(C)c(C)c(Cl)n1. The summed E-state index contributed by atoms with van der Waals surface area (Å²) in [5, 5.41) is 1.23. The zero-order chi connectivity index (χ0) is 11.4. The van der Waals surface area contributed by atoms with Crippen molar-refractivity contribution in [3.8, 4) is 0 Å². The fraction of sp³-hybridized carbons (Fsp3) is 0.636. The fourth-order valence-electron chi connectivity index (χ4n) is 1.05. The normalized spacial score (nSPS) is 12.9. The molecule has 1 unspecified atom stereocenters. The number of aromatic nitrogens is 2. The van der Waals surface area contributed by atoms with Crippen molar-refractivity contribution in [3.63, 3.8) is 0 Å². The molecule has 0 bridgehead atoms. The molecule has 4 heteroatoms. The van der Waals surface area contributed by atoms with Gasteiger partial charge in [-0.05, 0) is 20.3 Å². The van der Waals surface area contributed by atoms with Crippen LogP contribution in [0.5, 0.6) is 0 Å². The average molecular weight is 245 g/mol. The Kier molecular flexibility index (Phi) is 4.87. The molecule has 1 aromatic rings. The monoisotopic (exact) mass is 244 g/mol. The molecule has 0 N–H and O–H groups in total. The number of rotatable bonds is 4. The second kappa shape index (κ2) is 5.71. The third kappa shape index (κ3) is 3.65. The standard InChI is InChI=1S/C11H17ClN2S/c1-5-7(2)15-6-10-13-9(4)8(3)11(12)14-10/h7H,5-6H2,1-4H3. The largest absolute Gasteiger partial charge is 0.237 e. The van der Waals surface area contributed by atoms with Gasteiger partial charge in [0.15, 0.2) is 0 Å². The van der Waals surface area contributed by atoms with Crippen molar-refractivity contribution in [1.82, 2.24) is 9.97 Å². The summed E-state index contributed by atoms with van der Waals surface area (Å²) >= 11 is 7.88. The summed E-state index contributed by atoms with van der Waals surface area (Å²) in [5.74, 6) is 1.68. The predicted molar refractivity (Wildman–Crippen MR) is 67.6 cm³/mol. The number of hydrogen-bond donors (Lipinski definition) is 0. The average Bonchev–Trinajstić information content (AvgIpc) is 2.22. The second-order valence-corrected chi connectivity index (χ2v) is 5.46. The molecule has 0 fully saturated rings. The smallest absolute Gasteiger partial charge is 0.140 e. The third-order valence-electron chi connectivity index (χ3n) is 2.45. The summed E-state index contributed by atoms with van der Waals surface area (Å²) in [4.78, 5) is 8.70. The molecular formula is C11H17ClN2S. The van der Waals surface area contributed by atoms with E-state index in [1.54, 1.807) is 0 Å². The Labute approximate surface area is 101 Å². The van der Waals surface area contributed by atoms with Gasteiger partial charge in [-0.3, -0.25) is 0 Å². The van der Waals surface area contributed by atoms with Crippen molar-refractivity contribution >= 4 is 23.4 Å². The molecule has 2 nitrogen and oxygen atoms in total. The number of halogens is 1. The van der Waals surface area contributed by atoms with E-state index >= 15 is 0 Å². The first-order chi connectivity index (χ1) is 7.04. The molecular weight excluding hydrogens is 228 g/mol. The number of hydrogen-bond acceptors (Lipinski definition) is 3. The first kappa shape index (κ1) is 12.8. The maximum Gasteiger partial charge on any atom is 0.140 e. The lowest BCUT2D eigenvalue weighted by Crippen LogP contribution is -2.01. The third-order valence-corrected chi connectivity index (χ3v) is 4.14. The highest BCUT2D eigenvalue weighted by molar-refractivity contribution is 7.99. The Morgan fingerprint density at radius 1 is 1.33 bits per heavy atom. The second-order valence-electron chi connectivity index (χ2n) is 3.67. The first-order valence-corrected chi connectivity index (χ1v) is 6.58. The van der Waals surface area contributed by atoms with Gasteiger partial charge >= 0.3 is 0 Å². The minimum atomic E-state index is 0.585. The van der Waals surface area contributed by atoms with Gasteiger partial charge in [0.25, 0.3) is 0 Å². The van der Waals surface area contributed by atoms with E-state index in [-0.39, 0.29) is 0 Å². The Hall–Kier alpha value is -0.280. The predicted octanol–water partition coefficient (Wildman–Crippen LogP) is 3.78. The zero-order valence-corrected chi connectivity index (χ0v) is 11.2. The van der Waals surface area contributed by atoms with Gasteiger partial charge < -0.3 is 0 Å².